The number of pyridine rings is 1. The van der Waals surface area contributed by atoms with Crippen molar-refractivity contribution in [1.82, 2.24) is 10.3 Å². The number of nitrogens with one attached hydrogen (secondary N) is 1. The first-order valence-electron chi connectivity index (χ1n) is 6.74. The van der Waals surface area contributed by atoms with E-state index < -0.39 is 12.1 Å². The van der Waals surface area contributed by atoms with Crippen molar-refractivity contribution >= 4 is 23.0 Å². The summed E-state index contributed by atoms with van der Waals surface area (Å²) in [5.74, 6) is 0. The predicted octanol–water partition coefficient (Wildman–Crippen LogP) is 3.02. The third kappa shape index (κ3) is 5.21. The molecule has 0 unspecified atom stereocenters. The monoisotopic (exact) mass is 316 g/mol. The molecule has 5 nitrogen and oxygen atoms in total. The van der Waals surface area contributed by atoms with Gasteiger partial charge in [-0.05, 0) is 36.4 Å². The molecule has 2 rings (SSSR count). The maximum Gasteiger partial charge on any atom is 0.408 e. The fraction of sp³-hybridized carbons (Fsp3) is 0.188. The molecule has 0 saturated heterocycles. The highest BCUT2D eigenvalue weighted by atomic mass is 32.2. The Morgan fingerprint density at radius 2 is 1.86 bits per heavy atom. The highest BCUT2D eigenvalue weighted by Crippen LogP contribution is 2.18. The molecule has 0 fully saturated rings. The van der Waals surface area contributed by atoms with Crippen LogP contribution in [0.5, 0.6) is 0 Å². The number of ether oxygens (including phenoxy) is 1. The van der Waals surface area contributed by atoms with Crippen molar-refractivity contribution in [3.05, 3.63) is 60.4 Å². The van der Waals surface area contributed by atoms with Gasteiger partial charge in [0.25, 0.3) is 0 Å². The van der Waals surface area contributed by atoms with E-state index in [-0.39, 0.29) is 11.7 Å². The molecule has 1 heterocycles. The molecule has 0 aliphatic carbocycles. The summed E-state index contributed by atoms with van der Waals surface area (Å²) in [6.45, 7) is 1.80. The molecule has 0 aliphatic rings. The number of carbonyl (C=O) groups excluding carboxylic acids is 2. The maximum atomic E-state index is 12.0. The van der Waals surface area contributed by atoms with E-state index in [4.69, 9.17) is 4.74 Å². The summed E-state index contributed by atoms with van der Waals surface area (Å²) >= 11 is 1.06. The molecule has 0 bridgehead atoms. The van der Waals surface area contributed by atoms with Crippen LogP contribution in [0.4, 0.5) is 4.79 Å². The summed E-state index contributed by atoms with van der Waals surface area (Å²) in [6.07, 6.45) is 2.61. The Morgan fingerprint density at radius 3 is 2.55 bits per heavy atom. The summed E-state index contributed by atoms with van der Waals surface area (Å²) in [5, 5.41) is 2.36. The highest BCUT2D eigenvalue weighted by Gasteiger charge is 2.17. The van der Waals surface area contributed by atoms with Crippen molar-refractivity contribution in [2.75, 3.05) is 0 Å². The Hall–Kier alpha value is -2.34. The van der Waals surface area contributed by atoms with Gasteiger partial charge in [-0.2, -0.15) is 0 Å². The number of hydrogen-bond acceptors (Lipinski definition) is 5. The van der Waals surface area contributed by atoms with Crippen LogP contribution in [0.15, 0.2) is 59.8 Å². The third-order valence-electron chi connectivity index (χ3n) is 2.77. The highest BCUT2D eigenvalue weighted by molar-refractivity contribution is 8.13. The molecule has 2 aromatic rings. The lowest BCUT2D eigenvalue weighted by Gasteiger charge is -2.12. The lowest BCUT2D eigenvalue weighted by atomic mass is 10.2. The van der Waals surface area contributed by atoms with Gasteiger partial charge in [-0.25, -0.2) is 4.79 Å². The predicted molar refractivity (Wildman–Crippen MR) is 84.3 cm³/mol. The Balaban J connectivity index is 1.77. The van der Waals surface area contributed by atoms with Gasteiger partial charge in [-0.3, -0.25) is 9.78 Å². The summed E-state index contributed by atoms with van der Waals surface area (Å²) in [7, 11) is 0. The van der Waals surface area contributed by atoms with Crippen LogP contribution in [-0.2, 0) is 16.1 Å². The molecule has 1 N–H and O–H groups in total. The van der Waals surface area contributed by atoms with Gasteiger partial charge >= 0.3 is 6.09 Å². The van der Waals surface area contributed by atoms with Crippen LogP contribution in [0.25, 0.3) is 0 Å². The second-order valence-corrected chi connectivity index (χ2v) is 5.61. The number of hydrogen-bond donors (Lipinski definition) is 1. The van der Waals surface area contributed by atoms with Crippen LogP contribution in [0.2, 0.25) is 0 Å². The second kappa shape index (κ2) is 8.19. The molecule has 114 valence electrons. The van der Waals surface area contributed by atoms with E-state index in [1.165, 1.54) is 0 Å². The van der Waals surface area contributed by atoms with E-state index in [0.29, 0.717) is 0 Å². The molecule has 22 heavy (non-hydrogen) atoms. The molecule has 0 spiro atoms. The van der Waals surface area contributed by atoms with E-state index >= 15 is 0 Å². The van der Waals surface area contributed by atoms with Gasteiger partial charge in [0.1, 0.15) is 6.61 Å². The quantitative estimate of drug-likeness (QED) is 0.859. The van der Waals surface area contributed by atoms with E-state index in [1.807, 2.05) is 30.3 Å². The SMILES string of the molecule is C[C@H](NC(=O)OCc1ccccc1)C(=O)Sc1ccncc1. The molecule has 6 heteroatoms. The van der Waals surface area contributed by atoms with Gasteiger partial charge in [0, 0.05) is 17.3 Å². The first-order chi connectivity index (χ1) is 10.6. The third-order valence-corrected chi connectivity index (χ3v) is 3.83. The summed E-state index contributed by atoms with van der Waals surface area (Å²) in [5.41, 5.74) is 0.891. The molecule has 1 aromatic heterocycles. The number of aromatic nitrogens is 1. The summed E-state index contributed by atoms with van der Waals surface area (Å²) < 4.78 is 5.08. The fourth-order valence-electron chi connectivity index (χ4n) is 1.61. The molecule has 1 amide bonds. The topological polar surface area (TPSA) is 68.3 Å². The number of thioether (sulfide) groups is 1. The molecule has 0 aliphatic heterocycles. The number of nitrogens with zero attached hydrogens (tertiary/aromatic N) is 1. The van der Waals surface area contributed by atoms with Gasteiger partial charge in [-0.15, -0.1) is 0 Å². The maximum absolute atomic E-state index is 12.0. The zero-order chi connectivity index (χ0) is 15.8. The van der Waals surface area contributed by atoms with Gasteiger partial charge in [0.05, 0.1) is 6.04 Å². The van der Waals surface area contributed by atoms with Gasteiger partial charge in [0.2, 0.25) is 5.12 Å². The standard InChI is InChI=1S/C16H16N2O3S/c1-12(15(19)22-14-7-9-17-10-8-14)18-16(20)21-11-13-5-3-2-4-6-13/h2-10,12H,11H2,1H3,(H,18,20)/t12-/m0/s1. The van der Waals surface area contributed by atoms with Crippen LogP contribution in [0, 0.1) is 0 Å². The van der Waals surface area contributed by atoms with Crippen LogP contribution in [-0.4, -0.2) is 22.2 Å². The number of benzene rings is 1. The van der Waals surface area contributed by atoms with Crippen molar-refractivity contribution in [3.63, 3.8) is 0 Å². The molecular formula is C16H16N2O3S. The van der Waals surface area contributed by atoms with Gasteiger partial charge in [0.15, 0.2) is 0 Å². The van der Waals surface area contributed by atoms with Crippen molar-refractivity contribution in [1.29, 1.82) is 0 Å². The van der Waals surface area contributed by atoms with E-state index in [1.54, 1.807) is 31.5 Å². The molecular weight excluding hydrogens is 300 g/mol. The largest absolute Gasteiger partial charge is 0.445 e. The first kappa shape index (κ1) is 16.0. The normalized spacial score (nSPS) is 11.5. The summed E-state index contributed by atoms with van der Waals surface area (Å²) in [6, 6.07) is 12.2. The average molecular weight is 316 g/mol. The Bertz CT molecular complexity index is 620. The minimum Gasteiger partial charge on any atom is -0.445 e. The molecule has 1 aromatic carbocycles. The van der Waals surface area contributed by atoms with Crippen LogP contribution >= 0.6 is 11.8 Å². The first-order valence-corrected chi connectivity index (χ1v) is 7.56. The van der Waals surface area contributed by atoms with Crippen LogP contribution < -0.4 is 5.32 Å². The molecule has 1 atom stereocenters. The average Bonchev–Trinajstić information content (AvgIpc) is 2.55. The van der Waals surface area contributed by atoms with Crippen LogP contribution in [0.1, 0.15) is 12.5 Å². The number of carbonyl (C=O) groups is 2. The molecule has 0 saturated carbocycles. The van der Waals surface area contributed by atoms with Gasteiger partial charge in [-0.1, -0.05) is 30.3 Å². The second-order valence-electron chi connectivity index (χ2n) is 4.53. The van der Waals surface area contributed by atoms with Crippen molar-refractivity contribution in [2.45, 2.75) is 24.5 Å². The molecule has 0 radical (unpaired) electrons. The fourth-order valence-corrected chi connectivity index (χ4v) is 2.34. The number of alkyl carbamates (subject to hydrolysis) is 1. The van der Waals surface area contributed by atoms with Gasteiger partial charge < -0.3 is 10.1 Å². The minimum absolute atomic E-state index is 0.164. The van der Waals surface area contributed by atoms with Crippen molar-refractivity contribution in [2.24, 2.45) is 0 Å². The Kier molecular flexibility index (Phi) is 5.97. The van der Waals surface area contributed by atoms with E-state index in [2.05, 4.69) is 10.3 Å². The van der Waals surface area contributed by atoms with Crippen LogP contribution in [0.3, 0.4) is 0 Å². The number of amides is 1. The van der Waals surface area contributed by atoms with E-state index in [0.717, 1.165) is 22.2 Å². The number of rotatable bonds is 5. The smallest absolute Gasteiger partial charge is 0.408 e. The zero-order valence-electron chi connectivity index (χ0n) is 12.1. The van der Waals surface area contributed by atoms with Crippen molar-refractivity contribution < 1.29 is 14.3 Å². The Labute approximate surface area is 133 Å². The van der Waals surface area contributed by atoms with Crippen molar-refractivity contribution in [3.8, 4) is 0 Å². The Morgan fingerprint density at radius 1 is 1.18 bits per heavy atom. The van der Waals surface area contributed by atoms with E-state index in [9.17, 15) is 9.59 Å². The lowest BCUT2D eigenvalue weighted by Crippen LogP contribution is -2.37. The minimum atomic E-state index is -0.638. The zero-order valence-corrected chi connectivity index (χ0v) is 12.9. The lowest BCUT2D eigenvalue weighted by molar-refractivity contribution is -0.112. The summed E-state index contributed by atoms with van der Waals surface area (Å²) in [4.78, 5) is 28.3.